The van der Waals surface area contributed by atoms with Gasteiger partial charge in [0.05, 0.1) is 6.10 Å². The second-order valence-corrected chi connectivity index (χ2v) is 8.66. The Hall–Kier alpha value is -1.37. The maximum Gasteiger partial charge on any atom is 0.176 e. The van der Waals surface area contributed by atoms with Crippen molar-refractivity contribution in [3.63, 3.8) is 0 Å². The van der Waals surface area contributed by atoms with Crippen molar-refractivity contribution in [1.82, 2.24) is 5.01 Å². The second kappa shape index (κ2) is 7.33. The Labute approximate surface area is 159 Å². The highest BCUT2D eigenvalue weighted by molar-refractivity contribution is 8.00. The van der Waals surface area contributed by atoms with Gasteiger partial charge in [-0.1, -0.05) is 13.8 Å². The summed E-state index contributed by atoms with van der Waals surface area (Å²) in [4.78, 5) is 14.4. The van der Waals surface area contributed by atoms with E-state index in [9.17, 15) is 9.90 Å². The van der Waals surface area contributed by atoms with Crippen LogP contribution in [-0.2, 0) is 4.74 Å². The molecule has 1 N–H and O–H groups in total. The molecule has 5 atom stereocenters. The van der Waals surface area contributed by atoms with E-state index in [1.165, 1.54) is 4.90 Å². The fourth-order valence-electron chi connectivity index (χ4n) is 3.95. The van der Waals surface area contributed by atoms with Gasteiger partial charge in [-0.05, 0) is 49.4 Å². The van der Waals surface area contributed by atoms with E-state index in [1.54, 1.807) is 18.3 Å². The highest BCUT2D eigenvalue weighted by Crippen LogP contribution is 2.49. The van der Waals surface area contributed by atoms with E-state index in [2.05, 4.69) is 25.9 Å². The Morgan fingerprint density at radius 1 is 1.38 bits per heavy atom. The first-order valence-electron chi connectivity index (χ1n) is 9.18. The summed E-state index contributed by atoms with van der Waals surface area (Å²) in [7, 11) is 1.74. The van der Waals surface area contributed by atoms with Crippen molar-refractivity contribution in [2.75, 3.05) is 13.7 Å². The summed E-state index contributed by atoms with van der Waals surface area (Å²) in [5.41, 5.74) is 3.85. The predicted molar refractivity (Wildman–Crippen MR) is 105 cm³/mol. The molecule has 3 rings (SSSR count). The third kappa shape index (κ3) is 2.98. The lowest BCUT2D eigenvalue weighted by Gasteiger charge is -2.37. The lowest BCUT2D eigenvalue weighted by molar-refractivity contribution is 0.00431. The van der Waals surface area contributed by atoms with Crippen LogP contribution in [0.25, 0.3) is 0 Å². The number of ketones is 1. The van der Waals surface area contributed by atoms with Crippen molar-refractivity contribution in [1.29, 1.82) is 0 Å². The van der Waals surface area contributed by atoms with Crippen molar-refractivity contribution >= 4 is 23.8 Å². The average Bonchev–Trinajstić information content (AvgIpc) is 2.99. The summed E-state index contributed by atoms with van der Waals surface area (Å²) in [6.07, 6.45) is 0.648. The first-order valence-corrected chi connectivity index (χ1v) is 10.1. The third-order valence-corrected chi connectivity index (χ3v) is 7.30. The van der Waals surface area contributed by atoms with Crippen LogP contribution in [0.4, 0.5) is 0 Å². The molecule has 2 aliphatic heterocycles. The van der Waals surface area contributed by atoms with Gasteiger partial charge in [-0.3, -0.25) is 9.80 Å². The number of aliphatic hydroxyl groups excluding tert-OH is 1. The number of aryl methyl sites for hydroxylation is 1. The Morgan fingerprint density at radius 2 is 2.08 bits per heavy atom. The van der Waals surface area contributed by atoms with E-state index in [0.29, 0.717) is 23.3 Å². The predicted octanol–water partition coefficient (Wildman–Crippen LogP) is 3.56. The van der Waals surface area contributed by atoms with Gasteiger partial charge in [0.15, 0.2) is 12.0 Å². The fraction of sp³-hybridized carbons (Fsp3) is 0.600. The molecule has 142 valence electrons. The van der Waals surface area contributed by atoms with Crippen LogP contribution in [-0.4, -0.2) is 47.2 Å². The molecule has 5 nitrogen and oxygen atoms in total. The van der Waals surface area contributed by atoms with Crippen LogP contribution >= 0.6 is 11.8 Å². The summed E-state index contributed by atoms with van der Waals surface area (Å²) in [6.45, 7) is 10.9. The molecule has 5 unspecified atom stereocenters. The molecule has 0 radical (unpaired) electrons. The Morgan fingerprint density at radius 3 is 2.65 bits per heavy atom. The van der Waals surface area contributed by atoms with Crippen LogP contribution in [0.3, 0.4) is 0 Å². The summed E-state index contributed by atoms with van der Waals surface area (Å²) < 4.78 is 5.84. The van der Waals surface area contributed by atoms with Crippen LogP contribution in [0.2, 0.25) is 0 Å². The van der Waals surface area contributed by atoms with Gasteiger partial charge in [-0.15, -0.1) is 11.8 Å². The van der Waals surface area contributed by atoms with Crippen molar-refractivity contribution in [2.24, 2.45) is 16.9 Å². The lowest BCUT2D eigenvalue weighted by Crippen LogP contribution is -2.36. The van der Waals surface area contributed by atoms with Crippen LogP contribution in [0.15, 0.2) is 16.1 Å². The van der Waals surface area contributed by atoms with Gasteiger partial charge >= 0.3 is 0 Å². The van der Waals surface area contributed by atoms with Gasteiger partial charge < -0.3 is 9.84 Å². The lowest BCUT2D eigenvalue weighted by atomic mass is 9.84. The number of carbonyl (C=O) groups is 1. The number of benzene rings is 1. The second-order valence-electron chi connectivity index (χ2n) is 7.27. The quantitative estimate of drug-likeness (QED) is 0.814. The third-order valence-electron chi connectivity index (χ3n) is 5.73. The summed E-state index contributed by atoms with van der Waals surface area (Å²) in [6, 6.07) is 1.97. The number of ether oxygens (including phenoxy) is 1. The number of aliphatic hydroxyl groups is 1. The molecule has 26 heavy (non-hydrogen) atoms. The van der Waals surface area contributed by atoms with Crippen molar-refractivity contribution < 1.29 is 14.6 Å². The van der Waals surface area contributed by atoms with E-state index < -0.39 is 12.1 Å². The average molecular weight is 377 g/mol. The minimum atomic E-state index is -0.894. The maximum absolute atomic E-state index is 13.2. The molecule has 2 heterocycles. The zero-order valence-electron chi connectivity index (χ0n) is 16.3. The first-order chi connectivity index (χ1) is 12.3. The van der Waals surface area contributed by atoms with Crippen LogP contribution in [0, 0.1) is 25.7 Å². The minimum absolute atomic E-state index is 0.0259. The van der Waals surface area contributed by atoms with Crippen molar-refractivity contribution in [2.45, 2.75) is 57.1 Å². The first kappa shape index (κ1) is 19.4. The van der Waals surface area contributed by atoms with Crippen LogP contribution in [0.5, 0.6) is 0 Å². The van der Waals surface area contributed by atoms with Crippen LogP contribution in [0.1, 0.15) is 53.9 Å². The number of rotatable bonds is 4. The summed E-state index contributed by atoms with van der Waals surface area (Å²) >= 11 is 1.86. The number of hydrazone groups is 1. The molecule has 0 saturated carbocycles. The molecule has 0 amide bonds. The van der Waals surface area contributed by atoms with E-state index in [1.807, 2.05) is 31.7 Å². The zero-order chi connectivity index (χ0) is 19.2. The van der Waals surface area contributed by atoms with Crippen molar-refractivity contribution in [3.8, 4) is 0 Å². The normalized spacial score (nSPS) is 30.6. The highest BCUT2D eigenvalue weighted by Gasteiger charge is 2.39. The molecule has 0 fully saturated rings. The van der Waals surface area contributed by atoms with E-state index in [-0.39, 0.29) is 11.9 Å². The van der Waals surface area contributed by atoms with Gasteiger partial charge in [-0.2, -0.15) is 5.10 Å². The maximum atomic E-state index is 13.2. The van der Waals surface area contributed by atoms with Gasteiger partial charge in [-0.25, -0.2) is 0 Å². The smallest absolute Gasteiger partial charge is 0.176 e. The van der Waals surface area contributed by atoms with Gasteiger partial charge in [0.2, 0.25) is 0 Å². The molecule has 2 aliphatic rings. The molecule has 0 spiro atoms. The Bertz CT molecular complexity index is 749. The number of fused-ring (bicyclic) bond motifs is 1. The molecule has 0 aromatic heterocycles. The molecule has 1 aromatic carbocycles. The van der Waals surface area contributed by atoms with Crippen LogP contribution < -0.4 is 0 Å². The fourth-order valence-corrected chi connectivity index (χ4v) is 5.32. The Kier molecular flexibility index (Phi) is 5.47. The molecule has 0 aliphatic carbocycles. The number of thioether (sulfide) groups is 1. The monoisotopic (exact) mass is 376 g/mol. The minimum Gasteiger partial charge on any atom is -0.376 e. The molecule has 1 aromatic rings. The number of Topliss-reactive ketones (excluding diaryl/α,β-unsaturated/α-hetero) is 1. The Balaban J connectivity index is 2.06. The van der Waals surface area contributed by atoms with Gasteiger partial charge in [0.1, 0.15) is 5.92 Å². The van der Waals surface area contributed by atoms with Gasteiger partial charge in [0, 0.05) is 35.6 Å². The number of nitrogens with zero attached hydrogens (tertiary/aromatic N) is 2. The number of methoxy groups -OCH3 is 1. The molecular formula is C20H28N2O3S. The number of hydrogen-bond acceptors (Lipinski definition) is 6. The van der Waals surface area contributed by atoms with E-state index in [0.717, 1.165) is 16.7 Å². The van der Waals surface area contributed by atoms with Gasteiger partial charge in [0.25, 0.3) is 0 Å². The standard InChI is InChI=1S/C20H28N2O3S/c1-7-22-20(24)15(9-21-22)17(23)14-8-10(2)19-16(12(14)4)18(25-6)11(3)13(5)26-19/h8-9,11,13,15,18,20,24H,7H2,1-6H3. The van der Waals surface area contributed by atoms with Crippen molar-refractivity contribution in [3.05, 3.63) is 28.3 Å². The van der Waals surface area contributed by atoms with E-state index in [4.69, 9.17) is 4.74 Å². The summed E-state index contributed by atoms with van der Waals surface area (Å²) in [5.74, 6) is -0.346. The molecule has 6 heteroatoms. The largest absolute Gasteiger partial charge is 0.376 e. The summed E-state index contributed by atoms with van der Waals surface area (Å²) in [5, 5.41) is 16.6. The SMILES string of the molecule is CCN1N=CC(C(=O)c2cc(C)c3c(c2C)C(OC)C(C)C(C)S3)C1O. The molecular weight excluding hydrogens is 348 g/mol. The number of carbonyl (C=O) groups excluding carboxylic acids is 1. The topological polar surface area (TPSA) is 62.1 Å². The highest BCUT2D eigenvalue weighted by atomic mass is 32.2. The number of hydrogen-bond donors (Lipinski definition) is 1. The molecule has 0 bridgehead atoms. The molecule has 0 saturated heterocycles. The van der Waals surface area contributed by atoms with E-state index >= 15 is 0 Å². The zero-order valence-corrected chi connectivity index (χ0v) is 17.1.